The van der Waals surface area contributed by atoms with Crippen molar-refractivity contribution in [2.45, 2.75) is 39.7 Å². The first-order chi connectivity index (χ1) is 13.1. The average molecular weight is 368 g/mol. The summed E-state index contributed by atoms with van der Waals surface area (Å²) in [4.78, 5) is 16.1. The Balaban J connectivity index is 1.65. The van der Waals surface area contributed by atoms with Crippen LogP contribution in [0.1, 0.15) is 31.9 Å². The van der Waals surface area contributed by atoms with Gasteiger partial charge in [-0.25, -0.2) is 9.78 Å². The fourth-order valence-electron chi connectivity index (χ4n) is 2.64. The van der Waals surface area contributed by atoms with Crippen LogP contribution in [0.3, 0.4) is 0 Å². The number of hydrogen-bond acceptors (Lipinski definition) is 6. The molecule has 2 N–H and O–H groups in total. The Morgan fingerprint density at radius 3 is 2.63 bits per heavy atom. The number of hydrogen-bond donors (Lipinski definition) is 2. The minimum Gasteiger partial charge on any atom is -0.447 e. The molecule has 0 aliphatic carbocycles. The van der Waals surface area contributed by atoms with Crippen molar-refractivity contribution in [2.75, 3.05) is 17.2 Å². The molecule has 0 spiro atoms. The highest BCUT2D eigenvalue weighted by Crippen LogP contribution is 2.15. The molecule has 8 nitrogen and oxygen atoms in total. The molecule has 3 aromatic rings. The first-order valence-electron chi connectivity index (χ1n) is 9.06. The van der Waals surface area contributed by atoms with E-state index in [-0.39, 0.29) is 12.1 Å². The highest BCUT2D eigenvalue weighted by molar-refractivity contribution is 5.83. The highest BCUT2D eigenvalue weighted by Gasteiger charge is 2.14. The molecule has 142 valence electrons. The van der Waals surface area contributed by atoms with Crippen LogP contribution in [-0.2, 0) is 17.6 Å². The zero-order valence-electron chi connectivity index (χ0n) is 15.8. The van der Waals surface area contributed by atoms with Gasteiger partial charge in [0.2, 0.25) is 11.6 Å². The van der Waals surface area contributed by atoms with Crippen LogP contribution in [0.4, 0.5) is 16.6 Å². The molecule has 0 unspecified atom stereocenters. The van der Waals surface area contributed by atoms with Gasteiger partial charge in [0.15, 0.2) is 5.82 Å². The lowest BCUT2D eigenvalue weighted by Crippen LogP contribution is -2.19. The SMILES string of the molecule is CCc1ccc(CCNc2nccn3c(NC(=O)OC(C)C)nnc23)cc1. The second kappa shape index (κ2) is 8.48. The van der Waals surface area contributed by atoms with Gasteiger partial charge in [-0.05, 0) is 37.8 Å². The van der Waals surface area contributed by atoms with Gasteiger partial charge in [-0.15, -0.1) is 10.2 Å². The molecular formula is C19H24N6O2. The lowest BCUT2D eigenvalue weighted by molar-refractivity contribution is 0.129. The van der Waals surface area contributed by atoms with E-state index >= 15 is 0 Å². The van der Waals surface area contributed by atoms with Crippen LogP contribution in [-0.4, -0.2) is 38.3 Å². The van der Waals surface area contributed by atoms with E-state index in [1.807, 2.05) is 0 Å². The normalized spacial score (nSPS) is 11.0. The van der Waals surface area contributed by atoms with E-state index in [0.717, 1.165) is 12.8 Å². The fourth-order valence-corrected chi connectivity index (χ4v) is 2.64. The van der Waals surface area contributed by atoms with Crippen molar-refractivity contribution >= 4 is 23.5 Å². The Bertz CT molecular complexity index is 904. The van der Waals surface area contributed by atoms with Crippen molar-refractivity contribution in [1.29, 1.82) is 0 Å². The third kappa shape index (κ3) is 4.72. The van der Waals surface area contributed by atoms with Gasteiger partial charge in [-0.3, -0.25) is 9.72 Å². The Morgan fingerprint density at radius 2 is 1.93 bits per heavy atom. The number of rotatable bonds is 7. The predicted molar refractivity (Wildman–Crippen MR) is 104 cm³/mol. The molecule has 0 bridgehead atoms. The zero-order chi connectivity index (χ0) is 19.2. The average Bonchev–Trinajstić information content (AvgIpc) is 3.05. The number of aryl methyl sites for hydroxylation is 1. The summed E-state index contributed by atoms with van der Waals surface area (Å²) < 4.78 is 6.73. The molecule has 0 radical (unpaired) electrons. The molecule has 0 saturated carbocycles. The lowest BCUT2D eigenvalue weighted by Gasteiger charge is -2.09. The van der Waals surface area contributed by atoms with Crippen molar-refractivity contribution in [3.63, 3.8) is 0 Å². The van der Waals surface area contributed by atoms with Crippen LogP contribution in [0.15, 0.2) is 36.7 Å². The van der Waals surface area contributed by atoms with Gasteiger partial charge in [-0.1, -0.05) is 31.2 Å². The highest BCUT2D eigenvalue weighted by atomic mass is 16.6. The maximum atomic E-state index is 11.8. The summed E-state index contributed by atoms with van der Waals surface area (Å²) in [5.41, 5.74) is 3.13. The summed E-state index contributed by atoms with van der Waals surface area (Å²) in [5.74, 6) is 0.900. The second-order valence-corrected chi connectivity index (χ2v) is 6.42. The summed E-state index contributed by atoms with van der Waals surface area (Å²) in [6, 6.07) is 8.60. The van der Waals surface area contributed by atoms with E-state index in [4.69, 9.17) is 4.74 Å². The number of aromatic nitrogens is 4. The Labute approximate surface area is 158 Å². The number of amides is 1. The third-order valence-corrected chi connectivity index (χ3v) is 4.02. The van der Waals surface area contributed by atoms with E-state index in [9.17, 15) is 4.79 Å². The third-order valence-electron chi connectivity index (χ3n) is 4.02. The van der Waals surface area contributed by atoms with Gasteiger partial charge in [-0.2, -0.15) is 0 Å². The standard InChI is InChI=1S/C19H24N6O2/c1-4-14-5-7-15(8-6-14)9-10-20-16-17-23-24-18(25(17)12-11-21-16)22-19(26)27-13(2)3/h5-8,11-13H,4,9-10H2,1-3H3,(H,20,21)(H,22,24,26). The van der Waals surface area contributed by atoms with Gasteiger partial charge in [0.25, 0.3) is 0 Å². The van der Waals surface area contributed by atoms with E-state index in [0.29, 0.717) is 18.0 Å². The van der Waals surface area contributed by atoms with Crippen LogP contribution in [0.5, 0.6) is 0 Å². The van der Waals surface area contributed by atoms with Gasteiger partial charge in [0.05, 0.1) is 6.10 Å². The summed E-state index contributed by atoms with van der Waals surface area (Å²) in [6.45, 7) is 6.42. The predicted octanol–water partition coefficient (Wildman–Crippen LogP) is 3.30. The number of fused-ring (bicyclic) bond motifs is 1. The van der Waals surface area contributed by atoms with E-state index < -0.39 is 6.09 Å². The van der Waals surface area contributed by atoms with Crippen molar-refractivity contribution < 1.29 is 9.53 Å². The molecule has 8 heteroatoms. The molecule has 0 aliphatic rings. The minimum atomic E-state index is -0.568. The van der Waals surface area contributed by atoms with Crippen LogP contribution in [0.25, 0.3) is 5.65 Å². The Morgan fingerprint density at radius 1 is 1.19 bits per heavy atom. The van der Waals surface area contributed by atoms with Gasteiger partial charge < -0.3 is 10.1 Å². The Hall–Kier alpha value is -3.16. The zero-order valence-corrected chi connectivity index (χ0v) is 15.8. The van der Waals surface area contributed by atoms with Crippen LogP contribution >= 0.6 is 0 Å². The van der Waals surface area contributed by atoms with Crippen LogP contribution < -0.4 is 10.6 Å². The number of carbonyl (C=O) groups is 1. The fraction of sp³-hybridized carbons (Fsp3) is 0.368. The van der Waals surface area contributed by atoms with E-state index in [1.54, 1.807) is 30.6 Å². The van der Waals surface area contributed by atoms with Crippen molar-refractivity contribution in [3.8, 4) is 0 Å². The first-order valence-corrected chi connectivity index (χ1v) is 9.06. The smallest absolute Gasteiger partial charge is 0.414 e. The molecule has 0 aliphatic heterocycles. The summed E-state index contributed by atoms with van der Waals surface area (Å²) >= 11 is 0. The summed E-state index contributed by atoms with van der Waals surface area (Å²) in [7, 11) is 0. The molecule has 1 amide bonds. The maximum absolute atomic E-state index is 11.8. The van der Waals surface area contributed by atoms with Gasteiger partial charge >= 0.3 is 6.09 Å². The molecule has 0 saturated heterocycles. The first kappa shape index (κ1) is 18.6. The molecule has 27 heavy (non-hydrogen) atoms. The van der Waals surface area contributed by atoms with E-state index in [2.05, 4.69) is 57.0 Å². The molecule has 2 aromatic heterocycles. The summed E-state index contributed by atoms with van der Waals surface area (Å²) in [6.07, 6.45) is 4.45. The molecule has 3 rings (SSSR count). The number of nitrogens with zero attached hydrogens (tertiary/aromatic N) is 4. The van der Waals surface area contributed by atoms with E-state index in [1.165, 1.54) is 11.1 Å². The topological polar surface area (TPSA) is 93.4 Å². The largest absolute Gasteiger partial charge is 0.447 e. The second-order valence-electron chi connectivity index (χ2n) is 6.42. The van der Waals surface area contributed by atoms with Crippen molar-refractivity contribution in [3.05, 3.63) is 47.8 Å². The maximum Gasteiger partial charge on any atom is 0.414 e. The summed E-state index contributed by atoms with van der Waals surface area (Å²) in [5, 5.41) is 14.0. The number of anilines is 2. The van der Waals surface area contributed by atoms with Crippen molar-refractivity contribution in [1.82, 2.24) is 19.6 Å². The van der Waals surface area contributed by atoms with Gasteiger partial charge in [0.1, 0.15) is 0 Å². The van der Waals surface area contributed by atoms with Crippen molar-refractivity contribution in [2.24, 2.45) is 0 Å². The van der Waals surface area contributed by atoms with Crippen LogP contribution in [0.2, 0.25) is 0 Å². The number of benzene rings is 1. The molecular weight excluding hydrogens is 344 g/mol. The quantitative estimate of drug-likeness (QED) is 0.665. The molecule has 0 atom stereocenters. The monoisotopic (exact) mass is 368 g/mol. The molecule has 0 fully saturated rings. The Kier molecular flexibility index (Phi) is 5.85. The van der Waals surface area contributed by atoms with Gasteiger partial charge in [0, 0.05) is 18.9 Å². The molecule has 2 heterocycles. The number of nitrogens with one attached hydrogen (secondary N) is 2. The number of ether oxygens (including phenoxy) is 1. The van der Waals surface area contributed by atoms with Crippen LogP contribution in [0, 0.1) is 0 Å². The molecule has 1 aromatic carbocycles. The number of carbonyl (C=O) groups excluding carboxylic acids is 1. The minimum absolute atomic E-state index is 0.213. The lowest BCUT2D eigenvalue weighted by atomic mass is 10.1.